The summed E-state index contributed by atoms with van der Waals surface area (Å²) in [5.74, 6) is 0. The molecule has 1 unspecified atom stereocenters. The average molecular weight is 188 g/mol. The molecule has 1 atom stereocenters. The highest BCUT2D eigenvalue weighted by Gasteiger charge is 2.27. The third-order valence-electron chi connectivity index (χ3n) is 3.44. The Morgan fingerprint density at radius 2 is 2.36 bits per heavy atom. The van der Waals surface area contributed by atoms with Crippen LogP contribution in [-0.2, 0) is 6.42 Å². The number of rotatable bonds is 0. The Kier molecular flexibility index (Phi) is 1.69. The summed E-state index contributed by atoms with van der Waals surface area (Å²) in [5, 5.41) is 3.48. The molecule has 0 spiro atoms. The standard InChI is InChI=1S/C12H16N2/c1-9-5-6-10-3-2-4-11-12(10)14(9)8-7-13-11/h2-4,9,13H,5-8H2,1H3. The fourth-order valence-electron chi connectivity index (χ4n) is 2.66. The number of aryl methyl sites for hydroxylation is 1. The van der Waals surface area contributed by atoms with E-state index < -0.39 is 0 Å². The molecule has 2 heteroatoms. The van der Waals surface area contributed by atoms with Gasteiger partial charge in [0.2, 0.25) is 0 Å². The van der Waals surface area contributed by atoms with Crippen molar-refractivity contribution in [3.8, 4) is 0 Å². The Hall–Kier alpha value is -1.18. The Labute approximate surface area is 84.9 Å². The van der Waals surface area contributed by atoms with Crippen LogP contribution in [0.1, 0.15) is 18.9 Å². The number of hydrogen-bond donors (Lipinski definition) is 1. The van der Waals surface area contributed by atoms with Gasteiger partial charge in [0, 0.05) is 19.1 Å². The van der Waals surface area contributed by atoms with Crippen molar-refractivity contribution in [2.24, 2.45) is 0 Å². The highest BCUT2D eigenvalue weighted by atomic mass is 15.2. The molecule has 0 radical (unpaired) electrons. The first-order valence-corrected chi connectivity index (χ1v) is 5.48. The maximum absolute atomic E-state index is 3.48. The molecule has 2 aliphatic rings. The quantitative estimate of drug-likeness (QED) is 0.671. The lowest BCUT2D eigenvalue weighted by Crippen LogP contribution is -2.43. The van der Waals surface area contributed by atoms with Crippen LogP contribution in [0.4, 0.5) is 11.4 Å². The van der Waals surface area contributed by atoms with Gasteiger partial charge < -0.3 is 10.2 Å². The van der Waals surface area contributed by atoms with Crippen molar-refractivity contribution in [2.45, 2.75) is 25.8 Å². The van der Waals surface area contributed by atoms with Crippen LogP contribution in [0.5, 0.6) is 0 Å². The van der Waals surface area contributed by atoms with Crippen molar-refractivity contribution in [1.29, 1.82) is 0 Å². The van der Waals surface area contributed by atoms with E-state index in [1.54, 1.807) is 0 Å². The summed E-state index contributed by atoms with van der Waals surface area (Å²) >= 11 is 0. The predicted octanol–water partition coefficient (Wildman–Crippen LogP) is 2.25. The van der Waals surface area contributed by atoms with Crippen LogP contribution in [0.3, 0.4) is 0 Å². The van der Waals surface area contributed by atoms with E-state index in [9.17, 15) is 0 Å². The molecule has 2 nitrogen and oxygen atoms in total. The molecule has 0 amide bonds. The second kappa shape index (κ2) is 2.91. The molecule has 1 aromatic carbocycles. The van der Waals surface area contributed by atoms with Gasteiger partial charge in [0.1, 0.15) is 0 Å². The lowest BCUT2D eigenvalue weighted by molar-refractivity contribution is 0.562. The zero-order valence-corrected chi connectivity index (χ0v) is 8.59. The van der Waals surface area contributed by atoms with Gasteiger partial charge in [-0.25, -0.2) is 0 Å². The summed E-state index contributed by atoms with van der Waals surface area (Å²) in [6.07, 6.45) is 2.54. The van der Waals surface area contributed by atoms with Crippen LogP contribution in [0.2, 0.25) is 0 Å². The highest BCUT2D eigenvalue weighted by molar-refractivity contribution is 5.76. The molecular formula is C12H16N2. The van der Waals surface area contributed by atoms with E-state index in [0.29, 0.717) is 6.04 Å². The maximum Gasteiger partial charge on any atom is 0.0637 e. The summed E-state index contributed by atoms with van der Waals surface area (Å²) in [7, 11) is 0. The summed E-state index contributed by atoms with van der Waals surface area (Å²) in [6.45, 7) is 4.58. The molecule has 74 valence electrons. The van der Waals surface area contributed by atoms with Gasteiger partial charge in [-0.05, 0) is 31.4 Å². The first kappa shape index (κ1) is 8.16. The van der Waals surface area contributed by atoms with Gasteiger partial charge >= 0.3 is 0 Å². The van der Waals surface area contributed by atoms with Crippen molar-refractivity contribution in [1.82, 2.24) is 0 Å². The van der Waals surface area contributed by atoms with Crippen LogP contribution < -0.4 is 10.2 Å². The fourth-order valence-corrected chi connectivity index (χ4v) is 2.66. The van der Waals surface area contributed by atoms with E-state index in [2.05, 4.69) is 35.3 Å². The normalized spacial score (nSPS) is 24.1. The largest absolute Gasteiger partial charge is 0.382 e. The van der Waals surface area contributed by atoms with Crippen LogP contribution in [0, 0.1) is 0 Å². The van der Waals surface area contributed by atoms with Gasteiger partial charge in [-0.1, -0.05) is 12.1 Å². The fraction of sp³-hybridized carbons (Fsp3) is 0.500. The van der Waals surface area contributed by atoms with Gasteiger partial charge in [0.15, 0.2) is 0 Å². The summed E-state index contributed by atoms with van der Waals surface area (Å²) in [6, 6.07) is 7.35. The van der Waals surface area contributed by atoms with E-state index in [1.807, 2.05) is 0 Å². The monoisotopic (exact) mass is 188 g/mol. The molecule has 0 fully saturated rings. The molecule has 0 aromatic heterocycles. The third kappa shape index (κ3) is 1.03. The van der Waals surface area contributed by atoms with E-state index in [4.69, 9.17) is 0 Å². The number of nitrogens with one attached hydrogen (secondary N) is 1. The molecule has 0 saturated carbocycles. The zero-order chi connectivity index (χ0) is 9.54. The van der Waals surface area contributed by atoms with E-state index in [1.165, 1.54) is 29.8 Å². The van der Waals surface area contributed by atoms with Crippen LogP contribution in [0.25, 0.3) is 0 Å². The lowest BCUT2D eigenvalue weighted by Gasteiger charge is -2.41. The Bertz CT molecular complexity index is 345. The van der Waals surface area contributed by atoms with Crippen molar-refractivity contribution >= 4 is 11.4 Å². The second-order valence-corrected chi connectivity index (χ2v) is 4.32. The predicted molar refractivity (Wildman–Crippen MR) is 60.1 cm³/mol. The van der Waals surface area contributed by atoms with Crippen LogP contribution >= 0.6 is 0 Å². The van der Waals surface area contributed by atoms with Crippen molar-refractivity contribution in [2.75, 3.05) is 23.3 Å². The van der Waals surface area contributed by atoms with E-state index in [-0.39, 0.29) is 0 Å². The molecule has 2 heterocycles. The minimum Gasteiger partial charge on any atom is -0.382 e. The first-order chi connectivity index (χ1) is 6.86. The minimum atomic E-state index is 0.714. The molecule has 0 saturated heterocycles. The molecule has 1 aromatic rings. The first-order valence-electron chi connectivity index (χ1n) is 5.48. The maximum atomic E-state index is 3.48. The molecule has 1 N–H and O–H groups in total. The number of para-hydroxylation sites is 1. The summed E-state index contributed by atoms with van der Waals surface area (Å²) in [4.78, 5) is 2.56. The van der Waals surface area contributed by atoms with Gasteiger partial charge in [-0.2, -0.15) is 0 Å². The summed E-state index contributed by atoms with van der Waals surface area (Å²) < 4.78 is 0. The summed E-state index contributed by atoms with van der Waals surface area (Å²) in [5.41, 5.74) is 4.32. The van der Waals surface area contributed by atoms with Crippen LogP contribution in [-0.4, -0.2) is 19.1 Å². The SMILES string of the molecule is CC1CCc2cccc3c2N1CCN3. The number of benzene rings is 1. The number of anilines is 2. The zero-order valence-electron chi connectivity index (χ0n) is 8.59. The molecule has 0 aliphatic carbocycles. The van der Waals surface area contributed by atoms with Gasteiger partial charge in [-0.15, -0.1) is 0 Å². The van der Waals surface area contributed by atoms with Gasteiger partial charge in [-0.3, -0.25) is 0 Å². The topological polar surface area (TPSA) is 15.3 Å². The smallest absolute Gasteiger partial charge is 0.0637 e. The highest BCUT2D eigenvalue weighted by Crippen LogP contribution is 2.38. The van der Waals surface area contributed by atoms with Crippen LogP contribution in [0.15, 0.2) is 18.2 Å². The Morgan fingerprint density at radius 3 is 3.29 bits per heavy atom. The van der Waals surface area contributed by atoms with E-state index >= 15 is 0 Å². The molecule has 3 rings (SSSR count). The molecule has 0 bridgehead atoms. The van der Waals surface area contributed by atoms with E-state index in [0.717, 1.165) is 13.1 Å². The lowest BCUT2D eigenvalue weighted by atomic mass is 9.94. The Morgan fingerprint density at radius 1 is 1.43 bits per heavy atom. The number of hydrogen-bond acceptors (Lipinski definition) is 2. The van der Waals surface area contributed by atoms with Gasteiger partial charge in [0.25, 0.3) is 0 Å². The van der Waals surface area contributed by atoms with Crippen molar-refractivity contribution in [3.63, 3.8) is 0 Å². The van der Waals surface area contributed by atoms with Crippen molar-refractivity contribution < 1.29 is 0 Å². The number of nitrogens with zero attached hydrogens (tertiary/aromatic N) is 1. The van der Waals surface area contributed by atoms with Gasteiger partial charge in [0.05, 0.1) is 11.4 Å². The second-order valence-electron chi connectivity index (χ2n) is 4.32. The molecular weight excluding hydrogens is 172 g/mol. The minimum absolute atomic E-state index is 0.714. The average Bonchev–Trinajstić information content (AvgIpc) is 2.24. The Balaban J connectivity index is 2.17. The molecule has 2 aliphatic heterocycles. The molecule has 14 heavy (non-hydrogen) atoms. The van der Waals surface area contributed by atoms with Crippen molar-refractivity contribution in [3.05, 3.63) is 23.8 Å². The third-order valence-corrected chi connectivity index (χ3v) is 3.44.